The van der Waals surface area contributed by atoms with E-state index in [0.29, 0.717) is 18.5 Å². The predicted octanol–water partition coefficient (Wildman–Crippen LogP) is 5.53. The summed E-state index contributed by atoms with van der Waals surface area (Å²) in [6.45, 7) is 15.3. The molecule has 0 bridgehead atoms. The van der Waals surface area contributed by atoms with Gasteiger partial charge in [-0.2, -0.15) is 0 Å². The monoisotopic (exact) mass is 480 g/mol. The molecule has 35 heavy (non-hydrogen) atoms. The molecular weight excluding hydrogens is 440 g/mol. The molecule has 0 saturated carbocycles. The molecule has 0 unspecified atom stereocenters. The van der Waals surface area contributed by atoms with Gasteiger partial charge in [-0.15, -0.1) is 0 Å². The number of ether oxygens (including phenoxy) is 1. The molecule has 3 heterocycles. The standard InChI is InChI=1S/C28H40N4O3/c1-18-12-13-19(2)32(18)15-9-14-29-26(33)11-8-10-22-16-24(30-20(22)3)25-17-23(21(4)31-25)27(34)35-28(5,6)7/h12-13,16-17,30-31H,8-11,14-15H2,1-7H3,(H,29,33). The SMILES string of the molecule is Cc1[nH]c(-c2cc(C(=O)OC(C)(C)C)c(C)[nH]2)cc1CCCC(=O)NCCCn1c(C)ccc1C. The minimum Gasteiger partial charge on any atom is -0.456 e. The number of H-pyrrole nitrogens is 2. The highest BCUT2D eigenvalue weighted by molar-refractivity contribution is 5.92. The minimum absolute atomic E-state index is 0.0985. The summed E-state index contributed by atoms with van der Waals surface area (Å²) in [5, 5.41) is 3.04. The van der Waals surface area contributed by atoms with Crippen LogP contribution in [0.1, 0.15) is 78.7 Å². The van der Waals surface area contributed by atoms with Crippen molar-refractivity contribution in [3.05, 3.63) is 58.2 Å². The molecule has 0 aliphatic rings. The lowest BCUT2D eigenvalue weighted by Crippen LogP contribution is -2.25. The Kier molecular flexibility index (Phi) is 8.30. The maximum Gasteiger partial charge on any atom is 0.340 e. The molecule has 0 aliphatic carbocycles. The second-order valence-electron chi connectivity index (χ2n) is 10.4. The molecule has 0 radical (unpaired) electrons. The molecule has 3 aromatic rings. The average molecular weight is 481 g/mol. The number of carbonyl (C=O) groups excluding carboxylic acids is 2. The van der Waals surface area contributed by atoms with E-state index < -0.39 is 5.60 Å². The number of esters is 1. The number of aryl methyl sites for hydroxylation is 5. The fourth-order valence-corrected chi connectivity index (χ4v) is 4.30. The number of rotatable bonds is 10. The lowest BCUT2D eigenvalue weighted by atomic mass is 10.1. The van der Waals surface area contributed by atoms with Crippen molar-refractivity contribution in [3.8, 4) is 11.4 Å². The Morgan fingerprint density at radius 3 is 2.23 bits per heavy atom. The zero-order valence-electron chi connectivity index (χ0n) is 22.2. The topological polar surface area (TPSA) is 91.9 Å². The maximum absolute atomic E-state index is 12.5. The number of nitrogens with one attached hydrogen (secondary N) is 3. The van der Waals surface area contributed by atoms with E-state index in [2.05, 4.69) is 51.9 Å². The first-order valence-electron chi connectivity index (χ1n) is 12.5. The highest BCUT2D eigenvalue weighted by atomic mass is 16.6. The zero-order chi connectivity index (χ0) is 25.8. The van der Waals surface area contributed by atoms with Gasteiger partial charge < -0.3 is 24.6 Å². The van der Waals surface area contributed by atoms with Crippen LogP contribution < -0.4 is 5.32 Å². The third kappa shape index (κ3) is 7.13. The number of nitrogens with zero attached hydrogens (tertiary/aromatic N) is 1. The van der Waals surface area contributed by atoms with Crippen LogP contribution in [0.5, 0.6) is 0 Å². The van der Waals surface area contributed by atoms with Gasteiger partial charge >= 0.3 is 5.97 Å². The Hall–Kier alpha value is -3.22. The summed E-state index contributed by atoms with van der Waals surface area (Å²) in [5.41, 5.74) is 7.32. The van der Waals surface area contributed by atoms with Gasteiger partial charge in [0, 0.05) is 42.3 Å². The van der Waals surface area contributed by atoms with E-state index in [4.69, 9.17) is 4.74 Å². The van der Waals surface area contributed by atoms with Crippen LogP contribution in [0.3, 0.4) is 0 Å². The van der Waals surface area contributed by atoms with Gasteiger partial charge in [0.15, 0.2) is 0 Å². The van der Waals surface area contributed by atoms with Crippen LogP contribution in [0.25, 0.3) is 11.4 Å². The van der Waals surface area contributed by atoms with Crippen LogP contribution in [0.4, 0.5) is 0 Å². The van der Waals surface area contributed by atoms with Gasteiger partial charge in [-0.1, -0.05) is 0 Å². The Morgan fingerprint density at radius 2 is 1.57 bits per heavy atom. The predicted molar refractivity (Wildman–Crippen MR) is 140 cm³/mol. The molecule has 190 valence electrons. The van der Waals surface area contributed by atoms with Crippen LogP contribution in [-0.2, 0) is 22.5 Å². The zero-order valence-corrected chi connectivity index (χ0v) is 22.2. The number of aromatic nitrogens is 3. The number of hydrogen-bond acceptors (Lipinski definition) is 3. The van der Waals surface area contributed by atoms with E-state index in [1.807, 2.05) is 40.7 Å². The van der Waals surface area contributed by atoms with Gasteiger partial charge in [0.05, 0.1) is 17.0 Å². The van der Waals surface area contributed by atoms with Gasteiger partial charge in [0.2, 0.25) is 5.91 Å². The second kappa shape index (κ2) is 11.0. The van der Waals surface area contributed by atoms with E-state index in [1.54, 1.807) is 0 Å². The number of aromatic amines is 2. The number of amides is 1. The van der Waals surface area contributed by atoms with Gasteiger partial charge in [0.1, 0.15) is 5.60 Å². The van der Waals surface area contributed by atoms with Crippen LogP contribution >= 0.6 is 0 Å². The van der Waals surface area contributed by atoms with Crippen LogP contribution in [0.2, 0.25) is 0 Å². The first-order chi connectivity index (χ1) is 16.4. The summed E-state index contributed by atoms with van der Waals surface area (Å²) in [4.78, 5) is 31.5. The molecule has 1 amide bonds. The molecule has 0 aliphatic heterocycles. The van der Waals surface area contributed by atoms with Crippen LogP contribution in [0, 0.1) is 27.7 Å². The van der Waals surface area contributed by atoms with Gasteiger partial charge in [0.25, 0.3) is 0 Å². The van der Waals surface area contributed by atoms with E-state index >= 15 is 0 Å². The molecule has 0 aromatic carbocycles. The van der Waals surface area contributed by atoms with Crippen molar-refractivity contribution in [3.63, 3.8) is 0 Å². The third-order valence-corrected chi connectivity index (χ3v) is 6.19. The Balaban J connectivity index is 1.47. The van der Waals surface area contributed by atoms with Crippen molar-refractivity contribution >= 4 is 11.9 Å². The molecule has 7 heteroatoms. The Labute approximate surface area is 208 Å². The molecule has 0 atom stereocenters. The van der Waals surface area contributed by atoms with Gasteiger partial charge in [-0.25, -0.2) is 4.79 Å². The largest absolute Gasteiger partial charge is 0.456 e. The first kappa shape index (κ1) is 26.4. The summed E-state index contributed by atoms with van der Waals surface area (Å²) >= 11 is 0. The summed E-state index contributed by atoms with van der Waals surface area (Å²) in [7, 11) is 0. The van der Waals surface area contributed by atoms with E-state index in [0.717, 1.165) is 48.6 Å². The molecule has 7 nitrogen and oxygen atoms in total. The van der Waals surface area contributed by atoms with E-state index in [1.165, 1.54) is 17.0 Å². The summed E-state index contributed by atoms with van der Waals surface area (Å²) < 4.78 is 7.79. The smallest absolute Gasteiger partial charge is 0.340 e. The van der Waals surface area contributed by atoms with Crippen molar-refractivity contribution in [2.75, 3.05) is 6.54 Å². The number of carbonyl (C=O) groups is 2. The quantitative estimate of drug-likeness (QED) is 0.263. The van der Waals surface area contributed by atoms with Crippen molar-refractivity contribution in [2.24, 2.45) is 0 Å². The first-order valence-corrected chi connectivity index (χ1v) is 12.5. The van der Waals surface area contributed by atoms with Crippen molar-refractivity contribution in [1.29, 1.82) is 0 Å². The summed E-state index contributed by atoms with van der Waals surface area (Å²) in [6, 6.07) is 8.18. The molecule has 0 saturated heterocycles. The van der Waals surface area contributed by atoms with Crippen molar-refractivity contribution < 1.29 is 14.3 Å². The molecule has 0 spiro atoms. The lowest BCUT2D eigenvalue weighted by molar-refractivity contribution is -0.121. The Bertz CT molecular complexity index is 1150. The van der Waals surface area contributed by atoms with E-state index in [9.17, 15) is 9.59 Å². The normalized spacial score (nSPS) is 11.6. The highest BCUT2D eigenvalue weighted by Crippen LogP contribution is 2.26. The van der Waals surface area contributed by atoms with E-state index in [-0.39, 0.29) is 11.9 Å². The molecule has 3 N–H and O–H groups in total. The molecule has 3 aromatic heterocycles. The maximum atomic E-state index is 12.5. The fourth-order valence-electron chi connectivity index (χ4n) is 4.30. The fraction of sp³-hybridized carbons (Fsp3) is 0.500. The highest BCUT2D eigenvalue weighted by Gasteiger charge is 2.22. The third-order valence-electron chi connectivity index (χ3n) is 6.19. The van der Waals surface area contributed by atoms with Crippen LogP contribution in [0.15, 0.2) is 24.3 Å². The summed E-state index contributed by atoms with van der Waals surface area (Å²) in [5.74, 6) is -0.230. The summed E-state index contributed by atoms with van der Waals surface area (Å²) in [6.07, 6.45) is 3.03. The average Bonchev–Trinajstić information content (AvgIpc) is 3.42. The number of hydrogen-bond donors (Lipinski definition) is 3. The van der Waals surface area contributed by atoms with Gasteiger partial charge in [-0.05, 0) is 97.6 Å². The molecular formula is C28H40N4O3. The van der Waals surface area contributed by atoms with Gasteiger partial charge in [-0.3, -0.25) is 4.79 Å². The minimum atomic E-state index is -0.538. The van der Waals surface area contributed by atoms with Crippen LogP contribution in [-0.4, -0.2) is 38.6 Å². The van der Waals surface area contributed by atoms with Crippen molar-refractivity contribution in [1.82, 2.24) is 19.9 Å². The van der Waals surface area contributed by atoms with Crippen molar-refractivity contribution in [2.45, 2.75) is 86.3 Å². The molecule has 0 fully saturated rings. The second-order valence-corrected chi connectivity index (χ2v) is 10.4. The molecule has 3 rings (SSSR count). The Morgan fingerprint density at radius 1 is 0.943 bits per heavy atom. The lowest BCUT2D eigenvalue weighted by Gasteiger charge is -2.19.